The highest BCUT2D eigenvalue weighted by molar-refractivity contribution is 5.86. The van der Waals surface area contributed by atoms with Gasteiger partial charge in [-0.3, -0.25) is 4.79 Å². The normalized spacial score (nSPS) is 15.5. The predicted molar refractivity (Wildman–Crippen MR) is 106 cm³/mol. The Morgan fingerprint density at radius 2 is 2.00 bits per heavy atom. The number of nitrogens with one attached hydrogen (secondary N) is 2. The third kappa shape index (κ3) is 6.24. The highest BCUT2D eigenvalue weighted by Gasteiger charge is 2.15. The standard InChI is InChI=1S/C20H32N4O2/c1-15-10-11-16(18(12-15)26-4)13-21-20(22-14-19(25)24(2)3)23-17-8-6-5-7-9-17/h10-12,17H,5-9,13-14H2,1-4H3,(H2,21,22,23). The summed E-state index contributed by atoms with van der Waals surface area (Å²) in [5.74, 6) is 1.56. The number of aryl methyl sites for hydroxylation is 1. The van der Waals surface area contributed by atoms with Gasteiger partial charge < -0.3 is 20.3 Å². The Hall–Kier alpha value is -2.24. The van der Waals surface area contributed by atoms with Crippen LogP contribution in [-0.4, -0.2) is 50.6 Å². The zero-order valence-corrected chi connectivity index (χ0v) is 16.5. The monoisotopic (exact) mass is 360 g/mol. The molecule has 1 aliphatic rings. The summed E-state index contributed by atoms with van der Waals surface area (Å²) in [6.45, 7) is 2.78. The first kappa shape index (κ1) is 20.1. The summed E-state index contributed by atoms with van der Waals surface area (Å²) < 4.78 is 5.47. The van der Waals surface area contributed by atoms with Crippen LogP contribution in [0.2, 0.25) is 0 Å². The van der Waals surface area contributed by atoms with Crippen molar-refractivity contribution < 1.29 is 9.53 Å². The van der Waals surface area contributed by atoms with Gasteiger partial charge in [0.15, 0.2) is 5.96 Å². The Kier molecular flexibility index (Phi) is 7.75. The van der Waals surface area contributed by atoms with E-state index in [9.17, 15) is 4.79 Å². The number of likely N-dealkylation sites (N-methyl/N-ethyl adjacent to an activating group) is 1. The molecule has 6 heteroatoms. The molecule has 0 heterocycles. The number of benzene rings is 1. The second kappa shape index (κ2) is 10.0. The van der Waals surface area contributed by atoms with Gasteiger partial charge >= 0.3 is 0 Å². The molecule has 0 aliphatic heterocycles. The number of hydrogen-bond acceptors (Lipinski definition) is 3. The van der Waals surface area contributed by atoms with Crippen LogP contribution < -0.4 is 15.4 Å². The fourth-order valence-corrected chi connectivity index (χ4v) is 3.06. The van der Waals surface area contributed by atoms with Gasteiger partial charge in [0, 0.05) is 25.7 Å². The predicted octanol–water partition coefficient (Wildman–Crippen LogP) is 2.46. The molecule has 6 nitrogen and oxygen atoms in total. The van der Waals surface area contributed by atoms with Crippen LogP contribution in [-0.2, 0) is 11.3 Å². The Labute approximate surface area is 157 Å². The number of carbonyl (C=O) groups excluding carboxylic acids is 1. The van der Waals surface area contributed by atoms with Gasteiger partial charge in [-0.15, -0.1) is 0 Å². The molecule has 144 valence electrons. The van der Waals surface area contributed by atoms with Gasteiger partial charge in [0.25, 0.3) is 0 Å². The van der Waals surface area contributed by atoms with E-state index in [2.05, 4.69) is 16.7 Å². The number of nitrogens with zero attached hydrogens (tertiary/aromatic N) is 2. The van der Waals surface area contributed by atoms with E-state index in [0.717, 1.165) is 29.7 Å². The quantitative estimate of drug-likeness (QED) is 0.604. The van der Waals surface area contributed by atoms with Gasteiger partial charge in [0.2, 0.25) is 5.91 Å². The summed E-state index contributed by atoms with van der Waals surface area (Å²) in [4.78, 5) is 18.2. The summed E-state index contributed by atoms with van der Waals surface area (Å²) >= 11 is 0. The van der Waals surface area contributed by atoms with E-state index in [1.54, 1.807) is 26.1 Å². The zero-order valence-electron chi connectivity index (χ0n) is 16.5. The number of amides is 1. The Morgan fingerprint density at radius 3 is 2.65 bits per heavy atom. The van der Waals surface area contributed by atoms with Crippen LogP contribution in [0.3, 0.4) is 0 Å². The topological polar surface area (TPSA) is 66.0 Å². The van der Waals surface area contributed by atoms with Crippen molar-refractivity contribution >= 4 is 11.9 Å². The summed E-state index contributed by atoms with van der Waals surface area (Å²) in [7, 11) is 5.19. The minimum absolute atomic E-state index is 0.0241. The highest BCUT2D eigenvalue weighted by atomic mass is 16.5. The molecule has 1 aromatic rings. The van der Waals surface area contributed by atoms with Crippen molar-refractivity contribution in [3.63, 3.8) is 0 Å². The fraction of sp³-hybridized carbons (Fsp3) is 0.600. The lowest BCUT2D eigenvalue weighted by molar-refractivity contribution is -0.127. The number of guanidine groups is 1. The molecule has 0 atom stereocenters. The lowest BCUT2D eigenvalue weighted by atomic mass is 9.96. The number of aliphatic imine (C=N–C) groups is 1. The lowest BCUT2D eigenvalue weighted by Gasteiger charge is -2.25. The number of methoxy groups -OCH3 is 1. The molecule has 1 aromatic carbocycles. The first-order valence-corrected chi connectivity index (χ1v) is 9.38. The van der Waals surface area contributed by atoms with Gasteiger partial charge in [-0.25, -0.2) is 4.99 Å². The molecule has 0 saturated heterocycles. The third-order valence-corrected chi connectivity index (χ3v) is 4.70. The van der Waals surface area contributed by atoms with E-state index in [0.29, 0.717) is 18.5 Å². The Morgan fingerprint density at radius 1 is 1.27 bits per heavy atom. The molecule has 26 heavy (non-hydrogen) atoms. The van der Waals surface area contributed by atoms with Gasteiger partial charge in [0.05, 0.1) is 20.2 Å². The first-order chi connectivity index (χ1) is 12.5. The number of carbonyl (C=O) groups is 1. The second-order valence-corrected chi connectivity index (χ2v) is 7.10. The van der Waals surface area contributed by atoms with Crippen LogP contribution in [0.5, 0.6) is 5.75 Å². The molecule has 1 saturated carbocycles. The molecule has 1 aliphatic carbocycles. The van der Waals surface area contributed by atoms with Crippen molar-refractivity contribution in [2.24, 2.45) is 4.99 Å². The molecule has 0 bridgehead atoms. The molecule has 1 fully saturated rings. The fourth-order valence-electron chi connectivity index (χ4n) is 3.06. The minimum Gasteiger partial charge on any atom is -0.496 e. The largest absolute Gasteiger partial charge is 0.496 e. The van der Waals surface area contributed by atoms with Crippen molar-refractivity contribution in [2.45, 2.75) is 51.6 Å². The summed E-state index contributed by atoms with van der Waals surface area (Å²) in [5, 5.41) is 6.67. The average Bonchev–Trinajstić information content (AvgIpc) is 2.64. The lowest BCUT2D eigenvalue weighted by Crippen LogP contribution is -2.47. The van der Waals surface area contributed by atoms with Gasteiger partial charge in [-0.05, 0) is 31.4 Å². The van der Waals surface area contributed by atoms with E-state index in [-0.39, 0.29) is 12.5 Å². The van der Waals surface area contributed by atoms with E-state index in [4.69, 9.17) is 9.73 Å². The molecule has 0 spiro atoms. The van der Waals surface area contributed by atoms with E-state index in [1.807, 2.05) is 19.1 Å². The van der Waals surface area contributed by atoms with Crippen LogP contribution in [0.15, 0.2) is 23.2 Å². The summed E-state index contributed by atoms with van der Waals surface area (Å²) in [6, 6.07) is 6.54. The minimum atomic E-state index is 0.0241. The van der Waals surface area contributed by atoms with Gasteiger partial charge in [-0.1, -0.05) is 31.4 Å². The maximum atomic E-state index is 11.9. The van der Waals surface area contributed by atoms with Crippen LogP contribution in [0.1, 0.15) is 43.2 Å². The molecular weight excluding hydrogens is 328 g/mol. The van der Waals surface area contributed by atoms with E-state index in [1.165, 1.54) is 19.3 Å². The van der Waals surface area contributed by atoms with Crippen molar-refractivity contribution in [3.05, 3.63) is 29.3 Å². The van der Waals surface area contributed by atoms with Crippen molar-refractivity contribution in [3.8, 4) is 5.75 Å². The number of rotatable bonds is 6. The molecular formula is C20H32N4O2. The van der Waals surface area contributed by atoms with E-state index < -0.39 is 0 Å². The first-order valence-electron chi connectivity index (χ1n) is 9.38. The number of hydrogen-bond donors (Lipinski definition) is 2. The SMILES string of the molecule is COc1cc(C)ccc1CN=C(NCC(=O)N(C)C)NC1CCCCC1. The van der Waals surface area contributed by atoms with Crippen LogP contribution in [0.4, 0.5) is 0 Å². The van der Waals surface area contributed by atoms with Crippen molar-refractivity contribution in [2.75, 3.05) is 27.7 Å². The molecule has 0 unspecified atom stereocenters. The van der Waals surface area contributed by atoms with Crippen LogP contribution in [0, 0.1) is 6.92 Å². The number of ether oxygens (including phenoxy) is 1. The maximum absolute atomic E-state index is 11.9. The zero-order chi connectivity index (χ0) is 18.9. The molecule has 0 radical (unpaired) electrons. The summed E-state index contributed by atoms with van der Waals surface area (Å²) in [6.07, 6.45) is 6.09. The smallest absolute Gasteiger partial charge is 0.241 e. The molecule has 2 rings (SSSR count). The van der Waals surface area contributed by atoms with Crippen molar-refractivity contribution in [1.29, 1.82) is 0 Å². The maximum Gasteiger partial charge on any atom is 0.241 e. The van der Waals surface area contributed by atoms with Gasteiger partial charge in [0.1, 0.15) is 5.75 Å². The average molecular weight is 361 g/mol. The molecule has 1 amide bonds. The van der Waals surface area contributed by atoms with Crippen LogP contribution >= 0.6 is 0 Å². The third-order valence-electron chi connectivity index (χ3n) is 4.70. The van der Waals surface area contributed by atoms with Crippen LogP contribution in [0.25, 0.3) is 0 Å². The summed E-state index contributed by atoms with van der Waals surface area (Å²) in [5.41, 5.74) is 2.19. The highest BCUT2D eigenvalue weighted by Crippen LogP contribution is 2.21. The Balaban J connectivity index is 2.07. The van der Waals surface area contributed by atoms with Gasteiger partial charge in [-0.2, -0.15) is 0 Å². The molecule has 2 N–H and O–H groups in total. The Bertz CT molecular complexity index is 622. The van der Waals surface area contributed by atoms with Crippen molar-refractivity contribution in [1.82, 2.24) is 15.5 Å². The van der Waals surface area contributed by atoms with E-state index >= 15 is 0 Å². The molecule has 0 aromatic heterocycles. The second-order valence-electron chi connectivity index (χ2n) is 7.10.